The molecule has 0 saturated carbocycles. The molecule has 24 heavy (non-hydrogen) atoms. The van der Waals surface area contributed by atoms with E-state index in [0.717, 1.165) is 23.8 Å². The Hall–Kier alpha value is -2.62. The van der Waals surface area contributed by atoms with Gasteiger partial charge in [0, 0.05) is 16.2 Å². The molecule has 4 heteroatoms. The van der Waals surface area contributed by atoms with Crippen LogP contribution in [0.1, 0.15) is 18.9 Å². The highest BCUT2D eigenvalue weighted by molar-refractivity contribution is 6.10. The number of furan rings is 1. The number of methoxy groups -OCH3 is 1. The summed E-state index contributed by atoms with van der Waals surface area (Å²) in [6.07, 6.45) is 1.88. The number of benzene rings is 3. The van der Waals surface area contributed by atoms with Crippen LogP contribution in [0, 0.1) is 11.6 Å². The highest BCUT2D eigenvalue weighted by Gasteiger charge is 2.19. The summed E-state index contributed by atoms with van der Waals surface area (Å²) in [7, 11) is 1.39. The van der Waals surface area contributed by atoms with Crippen LogP contribution in [-0.4, -0.2) is 7.11 Å². The Morgan fingerprint density at radius 1 is 0.917 bits per heavy atom. The maximum absolute atomic E-state index is 15.0. The molecule has 0 amide bonds. The van der Waals surface area contributed by atoms with Crippen molar-refractivity contribution >= 4 is 32.7 Å². The van der Waals surface area contributed by atoms with Crippen LogP contribution < -0.4 is 4.74 Å². The van der Waals surface area contributed by atoms with E-state index in [-0.39, 0.29) is 16.9 Å². The summed E-state index contributed by atoms with van der Waals surface area (Å²) in [5, 5.41) is 2.39. The van der Waals surface area contributed by atoms with Crippen molar-refractivity contribution in [3.8, 4) is 5.75 Å². The zero-order valence-electron chi connectivity index (χ0n) is 13.5. The van der Waals surface area contributed by atoms with Crippen LogP contribution >= 0.6 is 0 Å². The van der Waals surface area contributed by atoms with Crippen molar-refractivity contribution in [1.29, 1.82) is 0 Å². The van der Waals surface area contributed by atoms with Gasteiger partial charge in [0.05, 0.1) is 7.11 Å². The van der Waals surface area contributed by atoms with E-state index in [4.69, 9.17) is 9.15 Å². The number of hydrogen-bond donors (Lipinski definition) is 0. The van der Waals surface area contributed by atoms with Crippen molar-refractivity contribution in [3.05, 3.63) is 53.6 Å². The summed E-state index contributed by atoms with van der Waals surface area (Å²) in [6.45, 7) is 2.08. The molecule has 1 aromatic heterocycles. The molecule has 0 bridgehead atoms. The molecular formula is C20H16F2O2. The molecule has 3 aromatic carbocycles. The van der Waals surface area contributed by atoms with Crippen molar-refractivity contribution in [3.63, 3.8) is 0 Å². The molecule has 0 aliphatic rings. The molecule has 0 aliphatic heterocycles. The van der Waals surface area contributed by atoms with Gasteiger partial charge in [-0.25, -0.2) is 4.39 Å². The van der Waals surface area contributed by atoms with E-state index in [1.165, 1.54) is 13.2 Å². The zero-order chi connectivity index (χ0) is 16.8. The molecule has 0 atom stereocenters. The first kappa shape index (κ1) is 14.9. The van der Waals surface area contributed by atoms with Gasteiger partial charge in [0.2, 0.25) is 5.82 Å². The molecule has 0 spiro atoms. The van der Waals surface area contributed by atoms with Crippen LogP contribution in [0.25, 0.3) is 32.7 Å². The van der Waals surface area contributed by atoms with Gasteiger partial charge in [-0.15, -0.1) is 0 Å². The van der Waals surface area contributed by atoms with Crippen molar-refractivity contribution in [2.45, 2.75) is 19.8 Å². The Labute approximate surface area is 137 Å². The average Bonchev–Trinajstić information content (AvgIpc) is 2.96. The lowest BCUT2D eigenvalue weighted by Gasteiger charge is -2.04. The highest BCUT2D eigenvalue weighted by atomic mass is 19.1. The predicted molar refractivity (Wildman–Crippen MR) is 91.7 cm³/mol. The van der Waals surface area contributed by atoms with Gasteiger partial charge in [0.15, 0.2) is 22.7 Å². The summed E-state index contributed by atoms with van der Waals surface area (Å²) in [5.74, 6) is -0.979. The third kappa shape index (κ3) is 2.06. The second-order valence-corrected chi connectivity index (χ2v) is 5.93. The van der Waals surface area contributed by atoms with Crippen molar-refractivity contribution in [1.82, 2.24) is 0 Å². The van der Waals surface area contributed by atoms with Gasteiger partial charge in [0.25, 0.3) is 0 Å². The maximum Gasteiger partial charge on any atom is 0.208 e. The van der Waals surface area contributed by atoms with Crippen LogP contribution in [0.2, 0.25) is 0 Å². The number of hydrogen-bond acceptors (Lipinski definition) is 2. The fourth-order valence-electron chi connectivity index (χ4n) is 3.23. The predicted octanol–water partition coefficient (Wildman–Crippen LogP) is 5.98. The molecule has 1 heterocycles. The van der Waals surface area contributed by atoms with E-state index in [1.807, 2.05) is 24.3 Å². The number of fused-ring (bicyclic) bond motifs is 4. The first-order valence-corrected chi connectivity index (χ1v) is 7.94. The summed E-state index contributed by atoms with van der Waals surface area (Å²) in [5.41, 5.74) is 1.18. The second kappa shape index (κ2) is 5.48. The van der Waals surface area contributed by atoms with Gasteiger partial charge < -0.3 is 9.15 Å². The standard InChI is InChI=1S/C20H16F2O2/c1-3-4-11-5-6-12-10-15-13-7-8-16(23-2)18(22)19(13)24-20(15)17(21)14(12)9-11/h5-10H,3-4H2,1-2H3. The monoisotopic (exact) mass is 326 g/mol. The lowest BCUT2D eigenvalue weighted by molar-refractivity contribution is 0.385. The van der Waals surface area contributed by atoms with E-state index in [0.29, 0.717) is 16.2 Å². The molecule has 122 valence electrons. The Balaban J connectivity index is 2.09. The number of halogens is 2. The molecule has 0 fully saturated rings. The first-order chi connectivity index (χ1) is 11.6. The summed E-state index contributed by atoms with van der Waals surface area (Å²) >= 11 is 0. The van der Waals surface area contributed by atoms with Gasteiger partial charge >= 0.3 is 0 Å². The molecule has 0 radical (unpaired) electrons. The van der Waals surface area contributed by atoms with Crippen LogP contribution in [0.15, 0.2) is 40.8 Å². The smallest absolute Gasteiger partial charge is 0.208 e. The highest BCUT2D eigenvalue weighted by Crippen LogP contribution is 2.38. The minimum atomic E-state index is -0.610. The molecular weight excluding hydrogens is 310 g/mol. The fourth-order valence-corrected chi connectivity index (χ4v) is 3.23. The summed E-state index contributed by atoms with van der Waals surface area (Å²) in [6, 6.07) is 10.8. The van der Waals surface area contributed by atoms with E-state index in [2.05, 4.69) is 6.92 Å². The van der Waals surface area contributed by atoms with Crippen LogP contribution in [0.3, 0.4) is 0 Å². The number of aryl methyl sites for hydroxylation is 1. The maximum atomic E-state index is 15.0. The van der Waals surface area contributed by atoms with Crippen molar-refractivity contribution in [2.75, 3.05) is 7.11 Å². The topological polar surface area (TPSA) is 22.4 Å². The summed E-state index contributed by atoms with van der Waals surface area (Å²) < 4.78 is 39.9. The van der Waals surface area contributed by atoms with Gasteiger partial charge in [-0.3, -0.25) is 0 Å². The first-order valence-electron chi connectivity index (χ1n) is 7.94. The second-order valence-electron chi connectivity index (χ2n) is 5.93. The van der Waals surface area contributed by atoms with Crippen LogP contribution in [0.4, 0.5) is 8.78 Å². The third-order valence-electron chi connectivity index (χ3n) is 4.41. The quantitative estimate of drug-likeness (QED) is 0.462. The van der Waals surface area contributed by atoms with Gasteiger partial charge in [-0.1, -0.05) is 25.5 Å². The molecule has 0 aliphatic carbocycles. The molecule has 0 saturated heterocycles. The number of rotatable bonds is 3. The van der Waals surface area contributed by atoms with Crippen LogP contribution in [-0.2, 0) is 6.42 Å². The van der Waals surface area contributed by atoms with E-state index < -0.39 is 11.6 Å². The lowest BCUT2D eigenvalue weighted by atomic mass is 10.0. The molecule has 4 rings (SSSR count). The summed E-state index contributed by atoms with van der Waals surface area (Å²) in [4.78, 5) is 0. The molecule has 0 N–H and O–H groups in total. The van der Waals surface area contributed by atoms with Gasteiger partial charge in [-0.2, -0.15) is 4.39 Å². The van der Waals surface area contributed by atoms with Gasteiger partial charge in [-0.05, 0) is 41.6 Å². The number of ether oxygens (including phenoxy) is 1. The zero-order valence-corrected chi connectivity index (χ0v) is 13.5. The molecule has 2 nitrogen and oxygen atoms in total. The minimum absolute atomic E-state index is 0.0207. The third-order valence-corrected chi connectivity index (χ3v) is 4.41. The lowest BCUT2D eigenvalue weighted by Crippen LogP contribution is -1.87. The Bertz CT molecular complexity index is 1080. The van der Waals surface area contributed by atoms with E-state index in [1.54, 1.807) is 6.07 Å². The van der Waals surface area contributed by atoms with Crippen molar-refractivity contribution in [2.24, 2.45) is 0 Å². The SMILES string of the molecule is CCCc1ccc2cc3c(oc4c(F)c(OC)ccc43)c(F)c2c1. The van der Waals surface area contributed by atoms with Crippen LogP contribution in [0.5, 0.6) is 5.75 Å². The molecule has 4 aromatic rings. The largest absolute Gasteiger partial charge is 0.494 e. The minimum Gasteiger partial charge on any atom is -0.494 e. The Morgan fingerprint density at radius 2 is 1.71 bits per heavy atom. The van der Waals surface area contributed by atoms with Crippen molar-refractivity contribution < 1.29 is 17.9 Å². The Morgan fingerprint density at radius 3 is 2.46 bits per heavy atom. The van der Waals surface area contributed by atoms with Gasteiger partial charge in [0.1, 0.15) is 0 Å². The van der Waals surface area contributed by atoms with E-state index >= 15 is 0 Å². The average molecular weight is 326 g/mol. The molecule has 0 unspecified atom stereocenters. The normalized spacial score (nSPS) is 11.7. The Kier molecular flexibility index (Phi) is 3.41. The fraction of sp³-hybridized carbons (Fsp3) is 0.200. The van der Waals surface area contributed by atoms with E-state index in [9.17, 15) is 8.78 Å².